The third kappa shape index (κ3) is 6.88. The molecule has 0 saturated carbocycles. The van der Waals surface area contributed by atoms with E-state index < -0.39 is 6.17 Å². The molecule has 0 amide bonds. The molecule has 8 rings (SSSR count). The summed E-state index contributed by atoms with van der Waals surface area (Å²) in [7, 11) is 2.09. The summed E-state index contributed by atoms with van der Waals surface area (Å²) in [5.41, 5.74) is 19.9. The number of hydrogen-bond acceptors (Lipinski definition) is 3. The van der Waals surface area contributed by atoms with Crippen molar-refractivity contribution >= 4 is 39.3 Å². The number of benzene rings is 4. The van der Waals surface area contributed by atoms with Crippen LogP contribution in [0.3, 0.4) is 0 Å². The number of allylic oxidation sites excluding steroid dienone is 10. The minimum absolute atomic E-state index is 0.180. The van der Waals surface area contributed by atoms with E-state index >= 15 is 0 Å². The molecular weight excluding hydrogens is 669 g/mol. The zero-order valence-electron chi connectivity index (χ0n) is 32.4. The number of rotatable bonds is 8. The highest BCUT2D eigenvalue weighted by molar-refractivity contribution is 6.03. The van der Waals surface area contributed by atoms with E-state index in [1.165, 1.54) is 38.6 Å². The molecule has 4 heteroatoms. The zero-order chi connectivity index (χ0) is 38.1. The summed E-state index contributed by atoms with van der Waals surface area (Å²) in [4.78, 5) is 12.4. The number of fused-ring (bicyclic) bond motifs is 5. The average Bonchev–Trinajstić information content (AvgIpc) is 3.48. The monoisotopic (exact) mass is 718 g/mol. The molecule has 0 fully saturated rings. The van der Waals surface area contributed by atoms with E-state index in [1.54, 1.807) is 0 Å². The minimum Gasteiger partial charge on any atom is -0.340 e. The molecule has 0 radical (unpaired) electrons. The third-order valence-electron chi connectivity index (χ3n) is 11.8. The molecule has 1 heterocycles. The lowest BCUT2D eigenvalue weighted by Gasteiger charge is -2.35. The number of likely N-dealkylation sites (N-methyl/N-ethyl adjacent to an activating group) is 1. The van der Waals surface area contributed by atoms with Crippen molar-refractivity contribution < 1.29 is 0 Å². The van der Waals surface area contributed by atoms with Crippen molar-refractivity contribution in [1.29, 1.82) is 0 Å². The van der Waals surface area contributed by atoms with Crippen molar-refractivity contribution in [1.82, 2.24) is 9.88 Å². The topological polar surface area (TPSA) is 54.5 Å². The molecule has 4 atom stereocenters. The van der Waals surface area contributed by atoms with E-state index in [2.05, 4.69) is 167 Å². The van der Waals surface area contributed by atoms with Gasteiger partial charge in [-0.05, 0) is 94.5 Å². The van der Waals surface area contributed by atoms with E-state index in [0.717, 1.165) is 64.0 Å². The summed E-state index contributed by atoms with van der Waals surface area (Å²) in [6, 6.07) is 29.9. The van der Waals surface area contributed by atoms with Gasteiger partial charge < -0.3 is 10.6 Å². The van der Waals surface area contributed by atoms with Crippen LogP contribution in [0.4, 0.5) is 0 Å². The van der Waals surface area contributed by atoms with Crippen molar-refractivity contribution in [2.24, 2.45) is 28.5 Å². The summed E-state index contributed by atoms with van der Waals surface area (Å²) in [6.45, 7) is 11.3. The molecule has 0 saturated heterocycles. The van der Waals surface area contributed by atoms with Crippen LogP contribution in [0.2, 0.25) is 0 Å². The maximum absolute atomic E-state index is 7.49. The van der Waals surface area contributed by atoms with Crippen molar-refractivity contribution in [3.63, 3.8) is 0 Å². The zero-order valence-corrected chi connectivity index (χ0v) is 32.4. The van der Waals surface area contributed by atoms with Crippen LogP contribution in [0, 0.1) is 17.8 Å². The van der Waals surface area contributed by atoms with Gasteiger partial charge in [-0.1, -0.05) is 142 Å². The Hall–Kier alpha value is -5.84. The van der Waals surface area contributed by atoms with Gasteiger partial charge in [0.05, 0.1) is 11.2 Å². The Morgan fingerprint density at radius 3 is 2.49 bits per heavy atom. The normalized spacial score (nSPS) is 20.1. The van der Waals surface area contributed by atoms with Gasteiger partial charge in [-0.3, -0.25) is 4.98 Å². The smallest absolute Gasteiger partial charge is 0.137 e. The molecule has 3 aliphatic carbocycles. The van der Waals surface area contributed by atoms with Gasteiger partial charge in [0.15, 0.2) is 0 Å². The van der Waals surface area contributed by atoms with Crippen LogP contribution in [0.15, 0.2) is 168 Å². The van der Waals surface area contributed by atoms with E-state index in [4.69, 9.17) is 15.7 Å². The standard InChI is InChI=1S/C51H50N4/c1-6-16-46-41(7-2)47(30-37-17-9-12-23-45(37)46)34(4)54-51(36-27-25-35(26-28-36)40-29-39-19-10-15-24-49(39)53-32-40)55(5)50(52)48-31-38-18-8-11-22-44(38)42-20-13-14-21-43(48)33(42)3/h6,9-17,19-33,42-43,50H,4,7-8,18,52H2,1-3,5H3/b16-6-,54-51?. The van der Waals surface area contributed by atoms with Gasteiger partial charge in [-0.2, -0.15) is 0 Å². The molecule has 1 aromatic heterocycles. The Morgan fingerprint density at radius 2 is 1.71 bits per heavy atom. The SMILES string of the molecule is C=C(N=C(c1ccc(-c2cnc3ccccc3c2)cc1)N(C)C(N)C1=CC2=C(C=CCC2)C2C=CC=CC1C2C)c1cc2ccccc2c(/C=C\C)c1CC. The lowest BCUT2D eigenvalue weighted by atomic mass is 9.76. The predicted octanol–water partition coefficient (Wildman–Crippen LogP) is 11.9. The number of amidine groups is 1. The molecule has 2 N–H and O–H groups in total. The highest BCUT2D eigenvalue weighted by Crippen LogP contribution is 2.44. The number of aromatic nitrogens is 1. The van der Waals surface area contributed by atoms with Gasteiger partial charge in [0.1, 0.15) is 12.0 Å². The number of para-hydroxylation sites is 1. The van der Waals surface area contributed by atoms with Gasteiger partial charge >= 0.3 is 0 Å². The predicted molar refractivity (Wildman–Crippen MR) is 234 cm³/mol. The average molecular weight is 719 g/mol. The molecule has 0 aliphatic heterocycles. The summed E-state index contributed by atoms with van der Waals surface area (Å²) in [6.07, 6.45) is 25.0. The second-order valence-electron chi connectivity index (χ2n) is 15.1. The second kappa shape index (κ2) is 15.5. The van der Waals surface area contributed by atoms with Crippen LogP contribution in [-0.2, 0) is 6.42 Å². The molecule has 4 aromatic carbocycles. The molecule has 55 heavy (non-hydrogen) atoms. The number of pyridine rings is 1. The van der Waals surface area contributed by atoms with E-state index in [-0.39, 0.29) is 5.92 Å². The van der Waals surface area contributed by atoms with Crippen molar-refractivity contribution in [3.05, 3.63) is 185 Å². The quantitative estimate of drug-likeness (QED) is 0.0987. The number of nitrogens with two attached hydrogens (primary N) is 1. The van der Waals surface area contributed by atoms with Crippen LogP contribution in [-0.4, -0.2) is 28.9 Å². The Bertz CT molecular complexity index is 2500. The maximum Gasteiger partial charge on any atom is 0.137 e. The van der Waals surface area contributed by atoms with Crippen LogP contribution in [0.25, 0.3) is 44.6 Å². The maximum atomic E-state index is 7.49. The molecule has 4 unspecified atom stereocenters. The molecule has 5 aromatic rings. The lowest BCUT2D eigenvalue weighted by Crippen LogP contribution is -2.47. The van der Waals surface area contributed by atoms with E-state index in [0.29, 0.717) is 11.8 Å². The van der Waals surface area contributed by atoms with Crippen molar-refractivity contribution in [2.75, 3.05) is 7.05 Å². The Morgan fingerprint density at radius 1 is 0.964 bits per heavy atom. The fourth-order valence-electron chi connectivity index (χ4n) is 8.85. The van der Waals surface area contributed by atoms with Crippen LogP contribution >= 0.6 is 0 Å². The van der Waals surface area contributed by atoms with Crippen LogP contribution in [0.1, 0.15) is 55.9 Å². The first-order valence-electron chi connectivity index (χ1n) is 19.7. The third-order valence-corrected chi connectivity index (χ3v) is 11.8. The fourth-order valence-corrected chi connectivity index (χ4v) is 8.85. The van der Waals surface area contributed by atoms with Gasteiger partial charge in [0.25, 0.3) is 0 Å². The van der Waals surface area contributed by atoms with E-state index in [1.807, 2.05) is 18.3 Å². The fraction of sp³-hybridized carbons (Fsp3) is 0.216. The molecule has 0 spiro atoms. The van der Waals surface area contributed by atoms with Gasteiger partial charge in [0.2, 0.25) is 0 Å². The summed E-state index contributed by atoms with van der Waals surface area (Å²) in [5.74, 6) is 1.66. The first kappa shape index (κ1) is 36.2. The van der Waals surface area contributed by atoms with E-state index in [9.17, 15) is 0 Å². The first-order valence-corrected chi connectivity index (χ1v) is 19.7. The Labute approximate surface area is 326 Å². The summed E-state index contributed by atoms with van der Waals surface area (Å²) < 4.78 is 0. The number of hydrogen-bond donors (Lipinski definition) is 1. The first-order chi connectivity index (χ1) is 26.9. The molecular formula is C51H50N4. The summed E-state index contributed by atoms with van der Waals surface area (Å²) >= 11 is 0. The van der Waals surface area contributed by atoms with Crippen molar-refractivity contribution in [3.8, 4) is 11.1 Å². The Kier molecular flexibility index (Phi) is 10.2. The second-order valence-corrected chi connectivity index (χ2v) is 15.1. The van der Waals surface area contributed by atoms with Crippen LogP contribution < -0.4 is 5.73 Å². The highest BCUT2D eigenvalue weighted by Gasteiger charge is 2.36. The van der Waals surface area contributed by atoms with Gasteiger partial charge in [-0.25, -0.2) is 4.99 Å². The Balaban J connectivity index is 1.25. The molecule has 3 aliphatic rings. The van der Waals surface area contributed by atoms with Crippen LogP contribution in [0.5, 0.6) is 0 Å². The molecule has 2 bridgehead atoms. The molecule has 274 valence electrons. The number of nitrogens with zero attached hydrogens (tertiary/aromatic N) is 3. The minimum atomic E-state index is -0.426. The largest absolute Gasteiger partial charge is 0.340 e. The highest BCUT2D eigenvalue weighted by atomic mass is 15.2. The lowest BCUT2D eigenvalue weighted by molar-refractivity contribution is 0.345. The number of aliphatic imine (C=N–C) groups is 1. The van der Waals surface area contributed by atoms with Gasteiger partial charge in [-0.15, -0.1) is 0 Å². The summed E-state index contributed by atoms with van der Waals surface area (Å²) in [5, 5.41) is 3.53. The molecule has 4 nitrogen and oxygen atoms in total. The van der Waals surface area contributed by atoms with Crippen molar-refractivity contribution in [2.45, 2.75) is 46.2 Å². The van der Waals surface area contributed by atoms with Gasteiger partial charge in [0, 0.05) is 47.2 Å².